The first-order valence-electron chi connectivity index (χ1n) is 9.72. The second-order valence-corrected chi connectivity index (χ2v) is 7.73. The number of carbonyl (C=O) groups excluding carboxylic acids is 1. The van der Waals surface area contributed by atoms with Crippen LogP contribution in [0.25, 0.3) is 0 Å². The number of nitro groups is 2. The highest BCUT2D eigenvalue weighted by molar-refractivity contribution is 5.82. The Balaban J connectivity index is 2.15. The molecule has 1 amide bonds. The third kappa shape index (κ3) is 6.83. The molecule has 12 heteroatoms. The lowest BCUT2D eigenvalue weighted by Crippen LogP contribution is -2.47. The first-order chi connectivity index (χ1) is 14.6. The lowest BCUT2D eigenvalue weighted by Gasteiger charge is -2.25. The van der Waals surface area contributed by atoms with E-state index in [1.165, 1.54) is 12.4 Å². The molecule has 168 valence electrons. The van der Waals surface area contributed by atoms with Gasteiger partial charge in [0.15, 0.2) is 0 Å². The van der Waals surface area contributed by atoms with Gasteiger partial charge in [0, 0.05) is 30.4 Å². The quantitative estimate of drug-likeness (QED) is 0.303. The zero-order valence-corrected chi connectivity index (χ0v) is 17.2. The third-order valence-corrected chi connectivity index (χ3v) is 4.72. The molecule has 1 aromatic carbocycles. The Morgan fingerprint density at radius 1 is 1.26 bits per heavy atom. The van der Waals surface area contributed by atoms with Crippen molar-refractivity contribution in [2.24, 2.45) is 11.7 Å². The van der Waals surface area contributed by atoms with Crippen LogP contribution in [-0.2, 0) is 11.2 Å². The molecule has 1 heterocycles. The van der Waals surface area contributed by atoms with Crippen molar-refractivity contribution in [3.05, 3.63) is 62.2 Å². The largest absolute Gasteiger partial charge is 0.388 e. The monoisotopic (exact) mass is 434 g/mol. The van der Waals surface area contributed by atoms with Crippen LogP contribution in [0.1, 0.15) is 44.1 Å². The Hall–Kier alpha value is -3.38. The Bertz CT molecular complexity index is 917. The van der Waals surface area contributed by atoms with Crippen molar-refractivity contribution < 1.29 is 19.7 Å². The minimum absolute atomic E-state index is 0.0145. The van der Waals surface area contributed by atoms with Gasteiger partial charge in [-0.25, -0.2) is 4.98 Å². The maximum absolute atomic E-state index is 12.5. The smallest absolute Gasteiger partial charge is 0.282 e. The highest BCUT2D eigenvalue weighted by Crippen LogP contribution is 2.32. The minimum Gasteiger partial charge on any atom is -0.388 e. The van der Waals surface area contributed by atoms with Gasteiger partial charge in [-0.3, -0.25) is 25.0 Å². The summed E-state index contributed by atoms with van der Waals surface area (Å²) < 4.78 is 0. The molecule has 1 unspecified atom stereocenters. The molecule has 0 bridgehead atoms. The van der Waals surface area contributed by atoms with Crippen molar-refractivity contribution in [3.8, 4) is 0 Å². The number of amides is 1. The standard InChI is InChI=1S/C19H26N6O6/c1-11(2)5-12(23-19(27)16(20)6-13-9-21-10-22-13)7-18(26)15-4-3-14(24(28)29)8-17(15)25(30)31/h3-4,8-12,16,18,26H,5-7,20H2,1-2H3,(H,21,22)(H,23,27)/t12-,16-,18?/m0/s1. The predicted molar refractivity (Wildman–Crippen MR) is 111 cm³/mol. The molecule has 0 saturated carbocycles. The summed E-state index contributed by atoms with van der Waals surface area (Å²) in [7, 11) is 0. The summed E-state index contributed by atoms with van der Waals surface area (Å²) in [5, 5.41) is 35.7. The summed E-state index contributed by atoms with van der Waals surface area (Å²) in [4.78, 5) is 40.0. The van der Waals surface area contributed by atoms with E-state index >= 15 is 0 Å². The molecule has 12 nitrogen and oxygen atoms in total. The molecule has 0 fully saturated rings. The number of imidazole rings is 1. The SMILES string of the molecule is CC(C)C[C@@H](CC(O)c1ccc([N+](=O)[O-])cc1[N+](=O)[O-])NC(=O)[C@@H](N)Cc1cnc[nH]1. The first kappa shape index (κ1) is 23.9. The molecule has 0 spiro atoms. The van der Waals surface area contributed by atoms with Crippen molar-refractivity contribution >= 4 is 17.3 Å². The van der Waals surface area contributed by atoms with E-state index in [9.17, 15) is 30.1 Å². The van der Waals surface area contributed by atoms with E-state index in [0.29, 0.717) is 12.1 Å². The van der Waals surface area contributed by atoms with Crippen molar-refractivity contribution in [2.45, 2.75) is 51.3 Å². The van der Waals surface area contributed by atoms with Crippen molar-refractivity contribution in [3.63, 3.8) is 0 Å². The van der Waals surface area contributed by atoms with Gasteiger partial charge in [-0.15, -0.1) is 0 Å². The molecular weight excluding hydrogens is 408 g/mol. The molecule has 2 rings (SSSR count). The van der Waals surface area contributed by atoms with Crippen LogP contribution in [0.3, 0.4) is 0 Å². The second kappa shape index (κ2) is 10.6. The molecule has 31 heavy (non-hydrogen) atoms. The van der Waals surface area contributed by atoms with Gasteiger partial charge >= 0.3 is 0 Å². The van der Waals surface area contributed by atoms with Gasteiger partial charge in [0.25, 0.3) is 11.4 Å². The Morgan fingerprint density at radius 3 is 2.52 bits per heavy atom. The fraction of sp³-hybridized carbons (Fsp3) is 0.474. The third-order valence-electron chi connectivity index (χ3n) is 4.72. The van der Waals surface area contributed by atoms with Crippen LogP contribution in [0, 0.1) is 26.1 Å². The number of H-pyrrole nitrogens is 1. The Kier molecular flexibility index (Phi) is 8.16. The Labute approximate surface area is 178 Å². The van der Waals surface area contributed by atoms with E-state index < -0.39 is 45.3 Å². The first-order valence-corrected chi connectivity index (χ1v) is 9.72. The summed E-state index contributed by atoms with van der Waals surface area (Å²) in [6.07, 6.45) is 2.47. The number of aromatic amines is 1. The second-order valence-electron chi connectivity index (χ2n) is 7.73. The van der Waals surface area contributed by atoms with E-state index in [-0.39, 0.29) is 24.3 Å². The number of benzene rings is 1. The van der Waals surface area contributed by atoms with Crippen LogP contribution in [0.2, 0.25) is 0 Å². The summed E-state index contributed by atoms with van der Waals surface area (Å²) >= 11 is 0. The molecular formula is C19H26N6O6. The Morgan fingerprint density at radius 2 is 1.97 bits per heavy atom. The maximum atomic E-state index is 12.5. The highest BCUT2D eigenvalue weighted by Gasteiger charge is 2.28. The summed E-state index contributed by atoms with van der Waals surface area (Å²) in [5.41, 5.74) is 5.61. The molecule has 0 saturated heterocycles. The van der Waals surface area contributed by atoms with E-state index in [1.807, 2.05) is 13.8 Å². The van der Waals surface area contributed by atoms with Crippen molar-refractivity contribution in [2.75, 3.05) is 0 Å². The number of nitro benzene ring substituents is 2. The maximum Gasteiger partial charge on any atom is 0.282 e. The number of hydrogen-bond donors (Lipinski definition) is 4. The molecule has 2 aromatic rings. The lowest BCUT2D eigenvalue weighted by atomic mass is 9.94. The van der Waals surface area contributed by atoms with E-state index in [2.05, 4.69) is 15.3 Å². The van der Waals surface area contributed by atoms with Crippen LogP contribution < -0.4 is 11.1 Å². The summed E-state index contributed by atoms with van der Waals surface area (Å²) in [6.45, 7) is 3.87. The van der Waals surface area contributed by atoms with Gasteiger partial charge in [-0.1, -0.05) is 13.8 Å². The molecule has 3 atom stereocenters. The van der Waals surface area contributed by atoms with Gasteiger partial charge in [-0.05, 0) is 24.8 Å². The fourth-order valence-electron chi connectivity index (χ4n) is 3.30. The normalized spacial score (nSPS) is 14.1. The fourth-order valence-corrected chi connectivity index (χ4v) is 3.30. The number of aliphatic hydroxyl groups is 1. The topological polar surface area (TPSA) is 190 Å². The van der Waals surface area contributed by atoms with Crippen LogP contribution >= 0.6 is 0 Å². The zero-order valence-electron chi connectivity index (χ0n) is 17.2. The number of nitrogens with two attached hydrogens (primary N) is 1. The van der Waals surface area contributed by atoms with Gasteiger partial charge in [0.05, 0.1) is 39.9 Å². The van der Waals surface area contributed by atoms with Gasteiger partial charge in [0.2, 0.25) is 5.91 Å². The number of nitrogens with one attached hydrogen (secondary N) is 2. The number of aliphatic hydroxyl groups excluding tert-OH is 1. The van der Waals surface area contributed by atoms with Crippen molar-refractivity contribution in [1.82, 2.24) is 15.3 Å². The molecule has 5 N–H and O–H groups in total. The van der Waals surface area contributed by atoms with Crippen LogP contribution in [-0.4, -0.2) is 42.9 Å². The average molecular weight is 434 g/mol. The average Bonchev–Trinajstić information content (AvgIpc) is 3.19. The predicted octanol–water partition coefficient (Wildman–Crippen LogP) is 1.75. The van der Waals surface area contributed by atoms with Crippen LogP contribution in [0.15, 0.2) is 30.7 Å². The molecule has 0 aliphatic carbocycles. The summed E-state index contributed by atoms with van der Waals surface area (Å²) in [5.74, 6) is -0.265. The molecule has 1 aromatic heterocycles. The number of non-ortho nitro benzene ring substituents is 1. The van der Waals surface area contributed by atoms with Crippen LogP contribution in [0.5, 0.6) is 0 Å². The van der Waals surface area contributed by atoms with Gasteiger partial charge < -0.3 is 21.1 Å². The van der Waals surface area contributed by atoms with Crippen LogP contribution in [0.4, 0.5) is 11.4 Å². The molecule has 0 radical (unpaired) electrons. The number of rotatable bonds is 11. The minimum atomic E-state index is -1.31. The lowest BCUT2D eigenvalue weighted by molar-refractivity contribution is -0.394. The van der Waals surface area contributed by atoms with Gasteiger partial charge in [-0.2, -0.15) is 0 Å². The number of nitrogens with zero attached hydrogens (tertiary/aromatic N) is 3. The van der Waals surface area contributed by atoms with E-state index in [1.54, 1.807) is 6.20 Å². The van der Waals surface area contributed by atoms with E-state index in [0.717, 1.165) is 12.1 Å². The molecule has 0 aliphatic heterocycles. The number of hydrogen-bond acceptors (Lipinski definition) is 8. The summed E-state index contributed by atoms with van der Waals surface area (Å²) in [6, 6.07) is 1.72. The zero-order chi connectivity index (χ0) is 23.1. The van der Waals surface area contributed by atoms with E-state index in [4.69, 9.17) is 5.73 Å². The highest BCUT2D eigenvalue weighted by atomic mass is 16.6. The number of carbonyl (C=O) groups is 1. The van der Waals surface area contributed by atoms with Gasteiger partial charge in [0.1, 0.15) is 0 Å². The number of aromatic nitrogens is 2. The van der Waals surface area contributed by atoms with Crippen molar-refractivity contribution in [1.29, 1.82) is 0 Å². The molecule has 0 aliphatic rings.